The van der Waals surface area contributed by atoms with Crippen LogP contribution in [0.4, 0.5) is 0 Å². The van der Waals surface area contributed by atoms with Gasteiger partial charge >= 0.3 is 5.97 Å². The van der Waals surface area contributed by atoms with E-state index in [1.807, 2.05) is 30.3 Å². The van der Waals surface area contributed by atoms with Crippen molar-refractivity contribution in [1.82, 2.24) is 10.0 Å². The second kappa shape index (κ2) is 12.1. The summed E-state index contributed by atoms with van der Waals surface area (Å²) in [7, 11) is -3.70. The number of nitrogens with one attached hydrogen (secondary N) is 2. The summed E-state index contributed by atoms with van der Waals surface area (Å²) >= 11 is 0. The van der Waals surface area contributed by atoms with Gasteiger partial charge in [0.1, 0.15) is 0 Å². The van der Waals surface area contributed by atoms with Gasteiger partial charge < -0.3 is 15.2 Å². The maximum Gasteiger partial charge on any atom is 0.335 e. The van der Waals surface area contributed by atoms with E-state index in [9.17, 15) is 13.2 Å². The standard InChI is InChI=1S/C25H32N2O5S/c1-19-7-9-20(10-8-19)18-32-16-15-26-17-24(21-5-3-2-4-6-21)27-33(30,31)23-13-11-22(12-14-23)25(28)29/h2-7,10-13,23-24,26-27H,8-9,14-18H2,1H3,(H,28,29)/t23?,24-/m0/s1. The number of ether oxygens (including phenoxy) is 1. The Balaban J connectivity index is 1.51. The summed E-state index contributed by atoms with van der Waals surface area (Å²) in [4.78, 5) is 11.1. The lowest BCUT2D eigenvalue weighted by molar-refractivity contribution is -0.132. The van der Waals surface area contributed by atoms with Crippen molar-refractivity contribution in [1.29, 1.82) is 0 Å². The average molecular weight is 473 g/mol. The first-order valence-corrected chi connectivity index (χ1v) is 12.7. The van der Waals surface area contributed by atoms with E-state index in [1.165, 1.54) is 29.4 Å². The van der Waals surface area contributed by atoms with E-state index in [2.05, 4.69) is 29.1 Å². The lowest BCUT2D eigenvalue weighted by atomic mass is 10.0. The van der Waals surface area contributed by atoms with Gasteiger partial charge in [-0.15, -0.1) is 0 Å². The molecule has 0 saturated heterocycles. The zero-order valence-electron chi connectivity index (χ0n) is 18.9. The van der Waals surface area contributed by atoms with Crippen molar-refractivity contribution in [3.05, 3.63) is 83.0 Å². The van der Waals surface area contributed by atoms with E-state index in [-0.39, 0.29) is 12.0 Å². The largest absolute Gasteiger partial charge is 0.478 e. The van der Waals surface area contributed by atoms with Crippen molar-refractivity contribution in [3.8, 4) is 0 Å². The molecule has 2 aliphatic carbocycles. The van der Waals surface area contributed by atoms with Crippen molar-refractivity contribution < 1.29 is 23.1 Å². The lowest BCUT2D eigenvalue weighted by Gasteiger charge is -2.23. The molecule has 0 aliphatic heterocycles. The third kappa shape index (κ3) is 7.78. The number of carboxylic acids is 1. The van der Waals surface area contributed by atoms with Crippen molar-refractivity contribution in [2.45, 2.75) is 37.5 Å². The quantitative estimate of drug-likeness (QED) is 0.319. The Morgan fingerprint density at radius 1 is 1.18 bits per heavy atom. The molecule has 0 aromatic heterocycles. The van der Waals surface area contributed by atoms with Crippen LogP contribution in [-0.4, -0.2) is 51.0 Å². The number of allylic oxidation sites excluding steroid dienone is 4. The van der Waals surface area contributed by atoms with E-state index in [0.29, 0.717) is 26.3 Å². The molecule has 1 aromatic carbocycles. The normalized spacial score (nSPS) is 19.4. The molecule has 0 saturated carbocycles. The molecule has 8 heteroatoms. The molecule has 1 aromatic rings. The Hall–Kier alpha value is -2.52. The molecule has 0 radical (unpaired) electrons. The Morgan fingerprint density at radius 2 is 1.97 bits per heavy atom. The summed E-state index contributed by atoms with van der Waals surface area (Å²) in [5.74, 6) is -1.06. The fourth-order valence-corrected chi connectivity index (χ4v) is 5.10. The van der Waals surface area contributed by atoms with Crippen molar-refractivity contribution in [2.24, 2.45) is 0 Å². The van der Waals surface area contributed by atoms with Gasteiger partial charge in [-0.05, 0) is 37.3 Å². The Kier molecular flexibility index (Phi) is 9.20. The first kappa shape index (κ1) is 25.1. The summed E-state index contributed by atoms with van der Waals surface area (Å²) in [5, 5.41) is 11.5. The molecule has 2 aliphatic rings. The number of hydrogen-bond donors (Lipinski definition) is 3. The molecular weight excluding hydrogens is 440 g/mol. The van der Waals surface area contributed by atoms with Crippen LogP contribution in [0.25, 0.3) is 0 Å². The number of hydrogen-bond acceptors (Lipinski definition) is 5. The minimum absolute atomic E-state index is 0.109. The average Bonchev–Trinajstić information content (AvgIpc) is 2.82. The van der Waals surface area contributed by atoms with Crippen LogP contribution < -0.4 is 10.0 Å². The van der Waals surface area contributed by atoms with E-state index < -0.39 is 27.3 Å². The van der Waals surface area contributed by atoms with Gasteiger partial charge in [0.15, 0.2) is 0 Å². The highest BCUT2D eigenvalue weighted by Gasteiger charge is 2.28. The zero-order valence-corrected chi connectivity index (χ0v) is 19.7. The lowest BCUT2D eigenvalue weighted by Crippen LogP contribution is -2.41. The van der Waals surface area contributed by atoms with Gasteiger partial charge in [0, 0.05) is 13.1 Å². The predicted octanol–water partition coefficient (Wildman–Crippen LogP) is 3.26. The number of carbonyl (C=O) groups is 1. The van der Waals surface area contributed by atoms with Crippen LogP contribution in [0.5, 0.6) is 0 Å². The summed E-state index contributed by atoms with van der Waals surface area (Å²) < 4.78 is 34.5. The summed E-state index contributed by atoms with van der Waals surface area (Å²) in [5.41, 5.74) is 3.64. The minimum atomic E-state index is -3.70. The third-order valence-electron chi connectivity index (χ3n) is 5.70. The van der Waals surface area contributed by atoms with Crippen LogP contribution in [-0.2, 0) is 19.6 Å². The Labute approximate surface area is 196 Å². The van der Waals surface area contributed by atoms with E-state index in [0.717, 1.165) is 18.4 Å². The molecule has 33 heavy (non-hydrogen) atoms. The zero-order chi connectivity index (χ0) is 23.7. The predicted molar refractivity (Wildman–Crippen MR) is 129 cm³/mol. The number of benzene rings is 1. The molecule has 0 fully saturated rings. The molecule has 7 nitrogen and oxygen atoms in total. The number of rotatable bonds is 12. The summed E-state index contributed by atoms with van der Waals surface area (Å²) in [6.45, 7) is 4.28. The molecule has 178 valence electrons. The van der Waals surface area contributed by atoms with Crippen LogP contribution in [0.1, 0.15) is 37.8 Å². The number of carboxylic acid groups (broad SMARTS) is 1. The van der Waals surface area contributed by atoms with Crippen LogP contribution in [0.3, 0.4) is 0 Å². The van der Waals surface area contributed by atoms with Gasteiger partial charge in [0.25, 0.3) is 0 Å². The van der Waals surface area contributed by atoms with E-state index >= 15 is 0 Å². The Morgan fingerprint density at radius 3 is 2.61 bits per heavy atom. The monoisotopic (exact) mass is 472 g/mol. The molecule has 2 atom stereocenters. The van der Waals surface area contributed by atoms with Crippen molar-refractivity contribution in [2.75, 3.05) is 26.3 Å². The summed E-state index contributed by atoms with van der Waals surface area (Å²) in [6.07, 6.45) is 10.7. The van der Waals surface area contributed by atoms with Gasteiger partial charge in [0.2, 0.25) is 10.0 Å². The molecule has 0 amide bonds. The van der Waals surface area contributed by atoms with Crippen LogP contribution in [0, 0.1) is 0 Å². The highest BCUT2D eigenvalue weighted by Crippen LogP contribution is 2.20. The molecule has 0 spiro atoms. The smallest absolute Gasteiger partial charge is 0.335 e. The van der Waals surface area contributed by atoms with Gasteiger partial charge in [-0.1, -0.05) is 66.3 Å². The second-order valence-corrected chi connectivity index (χ2v) is 10.2. The van der Waals surface area contributed by atoms with Gasteiger partial charge in [-0.2, -0.15) is 0 Å². The van der Waals surface area contributed by atoms with Crippen LogP contribution >= 0.6 is 0 Å². The SMILES string of the molecule is CC1=CCC(COCCNC[C@H](NS(=O)(=O)C2C=CC(C(=O)O)=CC2)c2ccccc2)=CC1. The summed E-state index contributed by atoms with van der Waals surface area (Å²) in [6, 6.07) is 8.94. The highest BCUT2D eigenvalue weighted by molar-refractivity contribution is 7.90. The second-order valence-electron chi connectivity index (χ2n) is 8.30. The topological polar surface area (TPSA) is 105 Å². The molecule has 0 bridgehead atoms. The Bertz CT molecular complexity index is 1040. The maximum atomic E-state index is 13.0. The number of aliphatic carboxylic acids is 1. The molecular formula is C25H32N2O5S. The van der Waals surface area contributed by atoms with E-state index in [1.54, 1.807) is 0 Å². The first-order chi connectivity index (χ1) is 15.8. The molecule has 1 unspecified atom stereocenters. The highest BCUT2D eigenvalue weighted by atomic mass is 32.2. The van der Waals surface area contributed by atoms with Gasteiger partial charge in [-0.25, -0.2) is 17.9 Å². The first-order valence-electron chi connectivity index (χ1n) is 11.1. The molecule has 3 N–H and O–H groups in total. The van der Waals surface area contributed by atoms with E-state index in [4.69, 9.17) is 9.84 Å². The van der Waals surface area contributed by atoms with Crippen LogP contribution in [0.2, 0.25) is 0 Å². The third-order valence-corrected chi connectivity index (χ3v) is 7.46. The van der Waals surface area contributed by atoms with Crippen LogP contribution in [0.15, 0.2) is 77.4 Å². The van der Waals surface area contributed by atoms with Gasteiger partial charge in [0.05, 0.1) is 30.1 Å². The molecule has 0 heterocycles. The van der Waals surface area contributed by atoms with Gasteiger partial charge in [-0.3, -0.25) is 0 Å². The fraction of sp³-hybridized carbons (Fsp3) is 0.400. The maximum absolute atomic E-state index is 13.0. The minimum Gasteiger partial charge on any atom is -0.478 e. The molecule has 3 rings (SSSR count). The van der Waals surface area contributed by atoms with Crippen molar-refractivity contribution >= 4 is 16.0 Å². The number of sulfonamides is 1. The van der Waals surface area contributed by atoms with Crippen molar-refractivity contribution in [3.63, 3.8) is 0 Å². The fourth-order valence-electron chi connectivity index (χ4n) is 3.68.